The van der Waals surface area contributed by atoms with Gasteiger partial charge in [0.05, 0.1) is 39.4 Å². The average molecular weight is 507 g/mol. The second-order valence-electron chi connectivity index (χ2n) is 7.18. The standard InChI is InChI=1S/C22H22N2O6S3/c1-4-13-24-19-12-11-18(32(3,26)27)15-20(19)31-22(24)23-21(25)6-5-14-33(28,29)17-9-7-16(30-2)8-10-17/h1,7-12,15H,5-6,13-14H2,2-3H3. The third-order valence-electron chi connectivity index (χ3n) is 4.77. The minimum absolute atomic E-state index is 0.0612. The van der Waals surface area contributed by atoms with E-state index in [9.17, 15) is 21.6 Å². The highest BCUT2D eigenvalue weighted by molar-refractivity contribution is 7.91. The van der Waals surface area contributed by atoms with Crippen LogP contribution in [0.15, 0.2) is 57.2 Å². The number of nitrogens with zero attached hydrogens (tertiary/aromatic N) is 2. The quantitative estimate of drug-likeness (QED) is 0.434. The Bertz CT molecular complexity index is 1510. The molecule has 0 atom stereocenters. The van der Waals surface area contributed by atoms with E-state index in [1.807, 2.05) is 0 Å². The van der Waals surface area contributed by atoms with Crippen LogP contribution < -0.4 is 9.54 Å². The number of sulfone groups is 2. The number of aromatic nitrogens is 1. The number of amides is 1. The molecule has 174 valence electrons. The topological polar surface area (TPSA) is 112 Å². The van der Waals surface area contributed by atoms with Gasteiger partial charge in [0.1, 0.15) is 5.75 Å². The number of ether oxygens (including phenoxy) is 1. The van der Waals surface area contributed by atoms with Crippen LogP contribution in [0.2, 0.25) is 0 Å². The Morgan fingerprint density at radius 3 is 2.39 bits per heavy atom. The molecule has 0 N–H and O–H groups in total. The molecule has 0 bridgehead atoms. The van der Waals surface area contributed by atoms with E-state index < -0.39 is 25.6 Å². The van der Waals surface area contributed by atoms with Crippen molar-refractivity contribution in [3.63, 3.8) is 0 Å². The Hall–Kier alpha value is -2.94. The van der Waals surface area contributed by atoms with Gasteiger partial charge in [-0.3, -0.25) is 4.79 Å². The lowest BCUT2D eigenvalue weighted by Gasteiger charge is -2.05. The number of rotatable bonds is 8. The largest absolute Gasteiger partial charge is 0.497 e. The molecule has 0 fully saturated rings. The molecule has 0 aliphatic carbocycles. The van der Waals surface area contributed by atoms with Gasteiger partial charge in [-0.25, -0.2) is 16.8 Å². The summed E-state index contributed by atoms with van der Waals surface area (Å²) < 4.78 is 56.0. The van der Waals surface area contributed by atoms with Gasteiger partial charge in [0.25, 0.3) is 0 Å². The molecule has 1 heterocycles. The minimum Gasteiger partial charge on any atom is -0.497 e. The van der Waals surface area contributed by atoms with Crippen molar-refractivity contribution in [2.75, 3.05) is 19.1 Å². The number of thiazole rings is 1. The van der Waals surface area contributed by atoms with E-state index in [0.717, 1.165) is 17.6 Å². The summed E-state index contributed by atoms with van der Waals surface area (Å²) >= 11 is 1.15. The van der Waals surface area contributed by atoms with Gasteiger partial charge < -0.3 is 9.30 Å². The van der Waals surface area contributed by atoms with Crippen molar-refractivity contribution in [1.29, 1.82) is 0 Å². The van der Waals surface area contributed by atoms with Crippen molar-refractivity contribution in [2.45, 2.75) is 29.2 Å². The second-order valence-corrected chi connectivity index (χ2v) is 12.3. The van der Waals surface area contributed by atoms with Crippen LogP contribution in [0.4, 0.5) is 0 Å². The third-order valence-corrected chi connectivity index (χ3v) is 8.74. The van der Waals surface area contributed by atoms with Crippen LogP contribution in [0.25, 0.3) is 10.2 Å². The Labute approximate surface area is 196 Å². The number of carbonyl (C=O) groups is 1. The summed E-state index contributed by atoms with van der Waals surface area (Å²) in [4.78, 5) is 17.2. The summed E-state index contributed by atoms with van der Waals surface area (Å²) in [6.45, 7) is 0.149. The molecule has 33 heavy (non-hydrogen) atoms. The van der Waals surface area contributed by atoms with Crippen LogP contribution >= 0.6 is 11.3 Å². The van der Waals surface area contributed by atoms with Crippen LogP contribution in [0.1, 0.15) is 12.8 Å². The highest BCUT2D eigenvalue weighted by Gasteiger charge is 2.16. The highest BCUT2D eigenvalue weighted by atomic mass is 32.2. The molecular weight excluding hydrogens is 484 g/mol. The number of terminal acetylenes is 1. The van der Waals surface area contributed by atoms with Crippen LogP contribution in [0.5, 0.6) is 5.75 Å². The Balaban J connectivity index is 1.79. The Kier molecular flexibility index (Phi) is 7.41. The van der Waals surface area contributed by atoms with Crippen LogP contribution in [-0.2, 0) is 31.0 Å². The predicted molar refractivity (Wildman–Crippen MR) is 127 cm³/mol. The van der Waals surface area contributed by atoms with Crippen LogP contribution in [0, 0.1) is 12.3 Å². The van der Waals surface area contributed by atoms with Gasteiger partial charge >= 0.3 is 0 Å². The predicted octanol–water partition coefficient (Wildman–Crippen LogP) is 2.43. The zero-order valence-electron chi connectivity index (χ0n) is 18.0. The molecule has 0 aliphatic heterocycles. The minimum atomic E-state index is -3.55. The molecule has 0 radical (unpaired) electrons. The van der Waals surface area contributed by atoms with E-state index in [2.05, 4.69) is 10.9 Å². The Morgan fingerprint density at radius 1 is 1.12 bits per heavy atom. The maximum Gasteiger partial charge on any atom is 0.248 e. The summed E-state index contributed by atoms with van der Waals surface area (Å²) in [6.07, 6.45) is 6.61. The molecule has 0 saturated carbocycles. The van der Waals surface area contributed by atoms with Gasteiger partial charge in [-0.2, -0.15) is 4.99 Å². The van der Waals surface area contributed by atoms with Crippen molar-refractivity contribution >= 4 is 47.1 Å². The van der Waals surface area contributed by atoms with Gasteiger partial charge in [0.15, 0.2) is 24.5 Å². The fraction of sp³-hybridized carbons (Fsp3) is 0.273. The molecule has 1 amide bonds. The molecular formula is C22H22N2O6S3. The van der Waals surface area contributed by atoms with Crippen molar-refractivity contribution in [2.24, 2.45) is 4.99 Å². The average Bonchev–Trinajstić information content (AvgIpc) is 3.09. The van der Waals surface area contributed by atoms with E-state index in [1.165, 1.54) is 31.4 Å². The summed E-state index contributed by atoms with van der Waals surface area (Å²) in [5.74, 6) is 2.37. The van der Waals surface area contributed by atoms with Gasteiger partial charge in [-0.05, 0) is 48.9 Å². The lowest BCUT2D eigenvalue weighted by atomic mass is 10.3. The lowest BCUT2D eigenvalue weighted by molar-refractivity contribution is -0.118. The molecule has 0 aliphatic rings. The lowest BCUT2D eigenvalue weighted by Crippen LogP contribution is -2.17. The number of carbonyl (C=O) groups excluding carboxylic acids is 1. The smallest absolute Gasteiger partial charge is 0.248 e. The molecule has 0 spiro atoms. The molecule has 2 aromatic carbocycles. The summed E-state index contributed by atoms with van der Waals surface area (Å²) in [6, 6.07) is 10.7. The number of methoxy groups -OCH3 is 1. The summed E-state index contributed by atoms with van der Waals surface area (Å²) in [7, 11) is -5.44. The van der Waals surface area contributed by atoms with Crippen LogP contribution in [-0.4, -0.2) is 46.4 Å². The molecule has 0 unspecified atom stereocenters. The van der Waals surface area contributed by atoms with Gasteiger partial charge in [-0.1, -0.05) is 17.3 Å². The SMILES string of the molecule is C#CCn1c(=NC(=O)CCCS(=O)(=O)c2ccc(OC)cc2)sc2cc(S(C)(=O)=O)ccc21. The maximum atomic E-state index is 12.5. The van der Waals surface area contributed by atoms with Crippen LogP contribution in [0.3, 0.4) is 0 Å². The zero-order chi connectivity index (χ0) is 24.2. The third kappa shape index (κ3) is 5.90. The number of hydrogen-bond donors (Lipinski definition) is 0. The monoisotopic (exact) mass is 506 g/mol. The first kappa shape index (κ1) is 24.7. The van der Waals surface area contributed by atoms with Gasteiger partial charge in [0.2, 0.25) is 5.91 Å². The van der Waals surface area contributed by atoms with Crippen molar-refractivity contribution in [3.8, 4) is 18.1 Å². The Morgan fingerprint density at radius 2 is 1.79 bits per heavy atom. The van der Waals surface area contributed by atoms with Gasteiger partial charge in [-0.15, -0.1) is 6.42 Å². The molecule has 3 rings (SSSR count). The second kappa shape index (κ2) is 9.91. The number of fused-ring (bicyclic) bond motifs is 1. The molecule has 0 saturated heterocycles. The van der Waals surface area contributed by atoms with Gasteiger partial charge in [0, 0.05) is 12.7 Å². The van der Waals surface area contributed by atoms with E-state index in [-0.39, 0.29) is 34.9 Å². The normalized spacial score (nSPS) is 12.6. The first-order valence-corrected chi connectivity index (χ1v) is 14.1. The first-order valence-electron chi connectivity index (χ1n) is 9.76. The fourth-order valence-electron chi connectivity index (χ4n) is 3.09. The first-order chi connectivity index (χ1) is 15.5. The van der Waals surface area contributed by atoms with Crippen molar-refractivity contribution in [3.05, 3.63) is 47.3 Å². The van der Waals surface area contributed by atoms with Crippen molar-refractivity contribution in [1.82, 2.24) is 4.57 Å². The van der Waals surface area contributed by atoms with E-state index in [1.54, 1.807) is 22.8 Å². The number of benzene rings is 2. The molecule has 1 aromatic heterocycles. The van der Waals surface area contributed by atoms with E-state index in [4.69, 9.17) is 11.2 Å². The summed E-state index contributed by atoms with van der Waals surface area (Å²) in [5, 5.41) is 0. The maximum absolute atomic E-state index is 12.5. The van der Waals surface area contributed by atoms with E-state index >= 15 is 0 Å². The molecule has 8 nitrogen and oxygen atoms in total. The summed E-state index contributed by atoms with van der Waals surface area (Å²) in [5.41, 5.74) is 0.666. The zero-order valence-corrected chi connectivity index (χ0v) is 20.5. The number of hydrogen-bond acceptors (Lipinski definition) is 7. The van der Waals surface area contributed by atoms with Crippen molar-refractivity contribution < 1.29 is 26.4 Å². The molecule has 11 heteroatoms. The van der Waals surface area contributed by atoms with E-state index in [0.29, 0.717) is 20.8 Å². The highest BCUT2D eigenvalue weighted by Crippen LogP contribution is 2.22. The fourth-order valence-corrected chi connectivity index (χ4v) is 6.21. The molecule has 3 aromatic rings.